The Balaban J connectivity index is 0.00000529. The highest BCUT2D eigenvalue weighted by Crippen LogP contribution is 2.26. The SMILES string of the molecule is CCN(CCCN=C(N)Nc1ccc(OC)c(Cl)c1)S(C)(=O)=O.I. The van der Waals surface area contributed by atoms with Crippen LogP contribution in [0.25, 0.3) is 0 Å². The maximum Gasteiger partial charge on any atom is 0.211 e. The number of halogens is 2. The number of anilines is 1. The van der Waals surface area contributed by atoms with Crippen molar-refractivity contribution < 1.29 is 13.2 Å². The molecule has 0 heterocycles. The predicted molar refractivity (Wildman–Crippen MR) is 110 cm³/mol. The van der Waals surface area contributed by atoms with Crippen LogP contribution >= 0.6 is 35.6 Å². The molecule has 0 aromatic heterocycles. The Morgan fingerprint density at radius 2 is 2.12 bits per heavy atom. The first-order chi connectivity index (χ1) is 10.8. The van der Waals surface area contributed by atoms with Crippen LogP contribution in [0.2, 0.25) is 5.02 Å². The Kier molecular flexibility index (Phi) is 10.6. The molecule has 138 valence electrons. The zero-order valence-electron chi connectivity index (χ0n) is 14.0. The average Bonchev–Trinajstić information content (AvgIpc) is 2.46. The molecule has 0 fully saturated rings. The summed E-state index contributed by atoms with van der Waals surface area (Å²) in [6.45, 7) is 3.09. The first-order valence-electron chi connectivity index (χ1n) is 7.13. The Labute approximate surface area is 165 Å². The number of hydrogen-bond acceptors (Lipinski definition) is 4. The number of nitrogens with two attached hydrogens (primary N) is 1. The van der Waals surface area contributed by atoms with E-state index in [1.54, 1.807) is 32.2 Å². The molecule has 3 N–H and O–H groups in total. The lowest BCUT2D eigenvalue weighted by Gasteiger charge is -2.16. The number of benzene rings is 1. The molecule has 1 aromatic rings. The lowest BCUT2D eigenvalue weighted by Crippen LogP contribution is -2.31. The van der Waals surface area contributed by atoms with Crippen LogP contribution in [0, 0.1) is 0 Å². The second kappa shape index (κ2) is 11.0. The van der Waals surface area contributed by atoms with Crippen LogP contribution in [0.3, 0.4) is 0 Å². The summed E-state index contributed by atoms with van der Waals surface area (Å²) in [5.74, 6) is 0.821. The minimum Gasteiger partial charge on any atom is -0.495 e. The molecule has 0 saturated heterocycles. The van der Waals surface area contributed by atoms with Crippen molar-refractivity contribution in [2.75, 3.05) is 38.3 Å². The van der Waals surface area contributed by atoms with E-state index >= 15 is 0 Å². The molecule has 0 radical (unpaired) electrons. The summed E-state index contributed by atoms with van der Waals surface area (Å²) in [4.78, 5) is 4.17. The second-order valence-electron chi connectivity index (χ2n) is 4.85. The number of nitrogens with zero attached hydrogens (tertiary/aromatic N) is 2. The molecule has 7 nitrogen and oxygen atoms in total. The Bertz CT molecular complexity index is 655. The van der Waals surface area contributed by atoms with Crippen molar-refractivity contribution in [3.05, 3.63) is 23.2 Å². The van der Waals surface area contributed by atoms with Crippen molar-refractivity contribution in [2.24, 2.45) is 10.7 Å². The number of hydrogen-bond donors (Lipinski definition) is 2. The fourth-order valence-electron chi connectivity index (χ4n) is 1.94. The summed E-state index contributed by atoms with van der Waals surface area (Å²) in [6, 6.07) is 5.18. The first-order valence-corrected chi connectivity index (χ1v) is 9.36. The third-order valence-electron chi connectivity index (χ3n) is 3.09. The average molecular weight is 491 g/mol. The van der Waals surface area contributed by atoms with Gasteiger partial charge in [-0.05, 0) is 24.6 Å². The number of sulfonamides is 1. The fraction of sp³-hybridized carbons (Fsp3) is 0.500. The van der Waals surface area contributed by atoms with Gasteiger partial charge in [-0.3, -0.25) is 4.99 Å². The van der Waals surface area contributed by atoms with Crippen LogP contribution in [-0.4, -0.2) is 51.7 Å². The highest BCUT2D eigenvalue weighted by molar-refractivity contribution is 14.0. The van der Waals surface area contributed by atoms with Crippen LogP contribution in [0.1, 0.15) is 13.3 Å². The van der Waals surface area contributed by atoms with Crippen molar-refractivity contribution >= 4 is 57.2 Å². The van der Waals surface area contributed by atoms with E-state index in [1.807, 2.05) is 0 Å². The van der Waals surface area contributed by atoms with E-state index in [1.165, 1.54) is 10.6 Å². The molecular weight excluding hydrogens is 467 g/mol. The minimum absolute atomic E-state index is 0. The van der Waals surface area contributed by atoms with Crippen molar-refractivity contribution in [1.82, 2.24) is 4.31 Å². The van der Waals surface area contributed by atoms with E-state index in [-0.39, 0.29) is 29.9 Å². The second-order valence-corrected chi connectivity index (χ2v) is 7.24. The van der Waals surface area contributed by atoms with E-state index in [0.717, 1.165) is 0 Å². The number of rotatable bonds is 8. The van der Waals surface area contributed by atoms with Crippen molar-refractivity contribution in [1.29, 1.82) is 0 Å². The van der Waals surface area contributed by atoms with E-state index in [4.69, 9.17) is 22.1 Å². The molecule has 0 atom stereocenters. The summed E-state index contributed by atoms with van der Waals surface area (Å²) in [7, 11) is -1.62. The van der Waals surface area contributed by atoms with Crippen molar-refractivity contribution in [3.63, 3.8) is 0 Å². The van der Waals surface area contributed by atoms with Gasteiger partial charge in [0, 0.05) is 25.3 Å². The molecule has 0 aliphatic rings. The van der Waals surface area contributed by atoms with Gasteiger partial charge in [-0.15, -0.1) is 24.0 Å². The highest BCUT2D eigenvalue weighted by Gasteiger charge is 2.12. The normalized spacial score (nSPS) is 12.0. The Morgan fingerprint density at radius 3 is 2.62 bits per heavy atom. The molecule has 1 rings (SSSR count). The number of nitrogens with one attached hydrogen (secondary N) is 1. The van der Waals surface area contributed by atoms with Gasteiger partial charge < -0.3 is 15.8 Å². The lowest BCUT2D eigenvalue weighted by atomic mass is 10.3. The number of guanidine groups is 1. The molecular formula is C14H24ClIN4O3S. The predicted octanol–water partition coefficient (Wildman–Crippen LogP) is 2.36. The Morgan fingerprint density at radius 1 is 1.46 bits per heavy atom. The Hall–Kier alpha value is -0.780. The molecule has 1 aromatic carbocycles. The van der Waals surface area contributed by atoms with Gasteiger partial charge >= 0.3 is 0 Å². The van der Waals surface area contributed by atoms with Gasteiger partial charge in [0.2, 0.25) is 10.0 Å². The van der Waals surface area contributed by atoms with E-state index in [0.29, 0.717) is 42.5 Å². The molecule has 0 aliphatic heterocycles. The number of ether oxygens (including phenoxy) is 1. The highest BCUT2D eigenvalue weighted by atomic mass is 127. The topological polar surface area (TPSA) is 97.0 Å². The summed E-state index contributed by atoms with van der Waals surface area (Å²) >= 11 is 6.03. The van der Waals surface area contributed by atoms with Gasteiger partial charge in [-0.2, -0.15) is 0 Å². The van der Waals surface area contributed by atoms with Crippen LogP contribution in [-0.2, 0) is 10.0 Å². The molecule has 0 unspecified atom stereocenters. The molecule has 0 spiro atoms. The van der Waals surface area contributed by atoms with E-state index in [9.17, 15) is 8.42 Å². The largest absolute Gasteiger partial charge is 0.495 e. The van der Waals surface area contributed by atoms with Gasteiger partial charge in [-0.25, -0.2) is 12.7 Å². The molecule has 0 saturated carbocycles. The maximum absolute atomic E-state index is 11.4. The lowest BCUT2D eigenvalue weighted by molar-refractivity contribution is 0.415. The van der Waals surface area contributed by atoms with Gasteiger partial charge in [0.15, 0.2) is 5.96 Å². The summed E-state index contributed by atoms with van der Waals surface area (Å²) < 4.78 is 29.4. The molecule has 10 heteroatoms. The first kappa shape index (κ1) is 23.2. The molecule has 0 bridgehead atoms. The van der Waals surface area contributed by atoms with E-state index in [2.05, 4.69) is 10.3 Å². The number of methoxy groups -OCH3 is 1. The van der Waals surface area contributed by atoms with Crippen LogP contribution < -0.4 is 15.8 Å². The van der Waals surface area contributed by atoms with Gasteiger partial charge in [0.1, 0.15) is 5.75 Å². The number of aliphatic imine (C=N–C) groups is 1. The van der Waals surface area contributed by atoms with Gasteiger partial charge in [0.25, 0.3) is 0 Å². The third-order valence-corrected chi connectivity index (χ3v) is 4.77. The van der Waals surface area contributed by atoms with Crippen LogP contribution in [0.5, 0.6) is 5.75 Å². The molecule has 24 heavy (non-hydrogen) atoms. The summed E-state index contributed by atoms with van der Waals surface area (Å²) in [5, 5.41) is 3.39. The monoisotopic (exact) mass is 490 g/mol. The zero-order valence-corrected chi connectivity index (χ0v) is 17.9. The maximum atomic E-state index is 11.4. The third kappa shape index (κ3) is 7.86. The van der Waals surface area contributed by atoms with Gasteiger partial charge in [0.05, 0.1) is 18.4 Å². The fourth-order valence-corrected chi connectivity index (χ4v) is 3.12. The minimum atomic E-state index is -3.16. The van der Waals surface area contributed by atoms with Crippen LogP contribution in [0.4, 0.5) is 5.69 Å². The standard InChI is InChI=1S/C14H23ClN4O3S.HI/c1-4-19(23(3,20)21)9-5-8-17-14(16)18-11-6-7-13(22-2)12(15)10-11;/h6-7,10H,4-5,8-9H2,1-3H3,(H3,16,17,18);1H. The summed E-state index contributed by atoms with van der Waals surface area (Å²) in [5.41, 5.74) is 6.49. The summed E-state index contributed by atoms with van der Waals surface area (Å²) in [6.07, 6.45) is 1.79. The van der Waals surface area contributed by atoms with Crippen molar-refractivity contribution in [2.45, 2.75) is 13.3 Å². The van der Waals surface area contributed by atoms with Gasteiger partial charge in [-0.1, -0.05) is 18.5 Å². The zero-order chi connectivity index (χ0) is 17.5. The molecule has 0 amide bonds. The van der Waals surface area contributed by atoms with Crippen LogP contribution in [0.15, 0.2) is 23.2 Å². The quantitative estimate of drug-likeness (QED) is 0.252. The van der Waals surface area contributed by atoms with Crippen molar-refractivity contribution in [3.8, 4) is 5.75 Å². The van der Waals surface area contributed by atoms with E-state index < -0.39 is 10.0 Å². The molecule has 0 aliphatic carbocycles. The smallest absolute Gasteiger partial charge is 0.211 e.